The Kier molecular flexibility index (Phi) is 4.18. The summed E-state index contributed by atoms with van der Waals surface area (Å²) in [5, 5.41) is 5.28. The molecule has 1 unspecified atom stereocenters. The zero-order valence-electron chi connectivity index (χ0n) is 6.81. The molecule has 2 N–H and O–H groups in total. The van der Waals surface area contributed by atoms with Crippen molar-refractivity contribution in [3.63, 3.8) is 0 Å². The van der Waals surface area contributed by atoms with Gasteiger partial charge in [-0.2, -0.15) is 0 Å². The van der Waals surface area contributed by atoms with E-state index in [0.29, 0.717) is 12.4 Å². The maximum absolute atomic E-state index is 11.0. The summed E-state index contributed by atoms with van der Waals surface area (Å²) in [6, 6.07) is -0.206. The second-order valence-corrected chi connectivity index (χ2v) is 2.97. The van der Waals surface area contributed by atoms with Crippen LogP contribution in [0, 0.1) is 0 Å². The molecule has 1 saturated heterocycles. The number of carbonyl (C=O) groups is 1. The van der Waals surface area contributed by atoms with Crippen molar-refractivity contribution in [1.29, 1.82) is 0 Å². The van der Waals surface area contributed by atoms with Crippen molar-refractivity contribution in [1.82, 2.24) is 10.6 Å². The predicted octanol–water partition coefficient (Wildman–Crippen LogP) is 0.661. The first-order chi connectivity index (χ1) is 5.83. The van der Waals surface area contributed by atoms with Crippen molar-refractivity contribution >= 4 is 17.6 Å². The lowest BCUT2D eigenvalue weighted by molar-refractivity contribution is 0.0908. The molecule has 5 heteroatoms. The Labute approximate surface area is 76.6 Å². The minimum Gasteiger partial charge on any atom is -0.358 e. The fourth-order valence-electron chi connectivity index (χ4n) is 1.05. The van der Waals surface area contributed by atoms with Crippen molar-refractivity contribution in [2.45, 2.75) is 19.1 Å². The molecule has 0 saturated carbocycles. The molecular weight excluding hydrogens is 180 g/mol. The number of rotatable bonds is 3. The van der Waals surface area contributed by atoms with Crippen LogP contribution in [0.3, 0.4) is 0 Å². The van der Waals surface area contributed by atoms with Crippen molar-refractivity contribution in [2.24, 2.45) is 0 Å². The lowest BCUT2D eigenvalue weighted by atomic mass is 10.3. The van der Waals surface area contributed by atoms with Gasteiger partial charge in [-0.25, -0.2) is 4.79 Å². The zero-order chi connectivity index (χ0) is 8.81. The Morgan fingerprint density at radius 2 is 2.50 bits per heavy atom. The van der Waals surface area contributed by atoms with Crippen LogP contribution in [0.1, 0.15) is 12.8 Å². The van der Waals surface area contributed by atoms with Crippen LogP contribution >= 0.6 is 11.6 Å². The molecule has 0 aromatic carbocycles. The van der Waals surface area contributed by atoms with Crippen molar-refractivity contribution in [2.75, 3.05) is 19.0 Å². The number of urea groups is 1. The molecule has 12 heavy (non-hydrogen) atoms. The molecule has 2 amide bonds. The molecule has 70 valence electrons. The van der Waals surface area contributed by atoms with E-state index in [0.717, 1.165) is 19.4 Å². The maximum Gasteiger partial charge on any atom is 0.316 e. The van der Waals surface area contributed by atoms with Crippen LogP contribution < -0.4 is 10.6 Å². The van der Waals surface area contributed by atoms with Crippen molar-refractivity contribution < 1.29 is 9.53 Å². The topological polar surface area (TPSA) is 50.4 Å². The number of amides is 2. The minimum atomic E-state index is -0.206. The molecule has 1 heterocycles. The average Bonchev–Trinajstić information content (AvgIpc) is 2.53. The first kappa shape index (κ1) is 9.61. The van der Waals surface area contributed by atoms with Gasteiger partial charge in [0.25, 0.3) is 0 Å². The van der Waals surface area contributed by atoms with Gasteiger partial charge >= 0.3 is 6.03 Å². The average molecular weight is 193 g/mol. The van der Waals surface area contributed by atoms with Gasteiger partial charge in [0.15, 0.2) is 0 Å². The van der Waals surface area contributed by atoms with E-state index in [1.54, 1.807) is 0 Å². The molecule has 0 bridgehead atoms. The van der Waals surface area contributed by atoms with Gasteiger partial charge in [0.05, 0.1) is 0 Å². The Bertz CT molecular complexity index is 148. The quantitative estimate of drug-likeness (QED) is 0.646. The summed E-state index contributed by atoms with van der Waals surface area (Å²) < 4.78 is 5.20. The molecule has 0 spiro atoms. The van der Waals surface area contributed by atoms with Gasteiger partial charge in [0.1, 0.15) is 6.23 Å². The molecule has 1 rings (SSSR count). The van der Waals surface area contributed by atoms with Gasteiger partial charge in [0.2, 0.25) is 0 Å². The van der Waals surface area contributed by atoms with E-state index in [1.165, 1.54) is 0 Å². The molecule has 0 radical (unpaired) electrons. The van der Waals surface area contributed by atoms with E-state index in [-0.39, 0.29) is 12.3 Å². The van der Waals surface area contributed by atoms with Gasteiger partial charge in [-0.05, 0) is 12.8 Å². The Morgan fingerprint density at radius 1 is 1.67 bits per heavy atom. The number of hydrogen-bond acceptors (Lipinski definition) is 2. The van der Waals surface area contributed by atoms with Crippen molar-refractivity contribution in [3.05, 3.63) is 0 Å². The summed E-state index contributed by atoms with van der Waals surface area (Å²) in [5.74, 6) is 0.430. The zero-order valence-corrected chi connectivity index (χ0v) is 7.56. The van der Waals surface area contributed by atoms with Crippen LogP contribution in [0.15, 0.2) is 0 Å². The predicted molar refractivity (Wildman–Crippen MR) is 46.2 cm³/mol. The molecule has 1 atom stereocenters. The third-order valence-corrected chi connectivity index (χ3v) is 1.79. The smallest absolute Gasteiger partial charge is 0.316 e. The third kappa shape index (κ3) is 3.28. The van der Waals surface area contributed by atoms with Gasteiger partial charge in [-0.3, -0.25) is 0 Å². The Balaban J connectivity index is 2.08. The van der Waals surface area contributed by atoms with Crippen LogP contribution in [-0.4, -0.2) is 31.3 Å². The minimum absolute atomic E-state index is 0.111. The summed E-state index contributed by atoms with van der Waals surface area (Å²) >= 11 is 5.39. The van der Waals surface area contributed by atoms with Crippen molar-refractivity contribution in [3.8, 4) is 0 Å². The fourth-order valence-corrected chi connectivity index (χ4v) is 1.14. The summed E-state index contributed by atoms with van der Waals surface area (Å²) in [5.41, 5.74) is 0. The number of ether oxygens (including phenoxy) is 1. The van der Waals surface area contributed by atoms with Crippen LogP contribution in [-0.2, 0) is 4.74 Å². The van der Waals surface area contributed by atoms with Gasteiger partial charge in [-0.1, -0.05) is 0 Å². The van der Waals surface area contributed by atoms with Crippen LogP contribution in [0.4, 0.5) is 4.79 Å². The molecule has 1 aliphatic heterocycles. The normalized spacial score (nSPS) is 22.2. The summed E-state index contributed by atoms with van der Waals surface area (Å²) in [4.78, 5) is 11.0. The molecule has 1 fully saturated rings. The Morgan fingerprint density at radius 3 is 3.08 bits per heavy atom. The Hall–Kier alpha value is -0.480. The highest BCUT2D eigenvalue weighted by molar-refractivity contribution is 6.18. The number of nitrogens with one attached hydrogen (secondary N) is 2. The highest BCUT2D eigenvalue weighted by atomic mass is 35.5. The first-order valence-electron chi connectivity index (χ1n) is 4.05. The monoisotopic (exact) mass is 192 g/mol. The van der Waals surface area contributed by atoms with E-state index in [4.69, 9.17) is 16.3 Å². The van der Waals surface area contributed by atoms with Gasteiger partial charge in [-0.15, -0.1) is 11.6 Å². The summed E-state index contributed by atoms with van der Waals surface area (Å²) in [6.45, 7) is 1.22. The highest BCUT2D eigenvalue weighted by Gasteiger charge is 2.16. The number of alkyl halides is 1. The first-order valence-corrected chi connectivity index (χ1v) is 4.58. The van der Waals surface area contributed by atoms with E-state index in [1.807, 2.05) is 0 Å². The lowest BCUT2D eigenvalue weighted by Gasteiger charge is -2.11. The van der Waals surface area contributed by atoms with Gasteiger partial charge < -0.3 is 15.4 Å². The second kappa shape index (κ2) is 5.22. The third-order valence-electron chi connectivity index (χ3n) is 1.60. The van der Waals surface area contributed by atoms with E-state index in [2.05, 4.69) is 10.6 Å². The summed E-state index contributed by atoms with van der Waals surface area (Å²) in [7, 11) is 0. The molecule has 0 aromatic heterocycles. The van der Waals surface area contributed by atoms with Crippen LogP contribution in [0.5, 0.6) is 0 Å². The lowest BCUT2D eigenvalue weighted by Crippen LogP contribution is -2.42. The molecular formula is C7H13ClN2O2. The molecule has 1 aliphatic rings. The van der Waals surface area contributed by atoms with E-state index < -0.39 is 0 Å². The number of hydrogen-bond donors (Lipinski definition) is 2. The fraction of sp³-hybridized carbons (Fsp3) is 0.857. The van der Waals surface area contributed by atoms with E-state index >= 15 is 0 Å². The standard InChI is InChI=1S/C7H13ClN2O2/c8-3-4-9-7(11)10-6-2-1-5-12-6/h6H,1-5H2,(H2,9,10,11). The number of halogens is 1. The summed E-state index contributed by atoms with van der Waals surface area (Å²) in [6.07, 6.45) is 1.80. The molecule has 0 aromatic rings. The number of carbonyl (C=O) groups excluding carboxylic acids is 1. The van der Waals surface area contributed by atoms with Gasteiger partial charge in [0, 0.05) is 19.0 Å². The molecule has 4 nitrogen and oxygen atoms in total. The second-order valence-electron chi connectivity index (χ2n) is 2.59. The van der Waals surface area contributed by atoms with E-state index in [9.17, 15) is 4.79 Å². The van der Waals surface area contributed by atoms with Crippen LogP contribution in [0.25, 0.3) is 0 Å². The maximum atomic E-state index is 11.0. The largest absolute Gasteiger partial charge is 0.358 e. The van der Waals surface area contributed by atoms with Crippen LogP contribution in [0.2, 0.25) is 0 Å². The highest BCUT2D eigenvalue weighted by Crippen LogP contribution is 2.08. The SMILES string of the molecule is O=C(NCCCl)NC1CCCO1. The molecule has 0 aliphatic carbocycles.